The Morgan fingerprint density at radius 1 is 1.00 bits per heavy atom. The molecule has 0 aliphatic heterocycles. The van der Waals surface area contributed by atoms with Crippen molar-refractivity contribution in [2.45, 2.75) is 6.92 Å². The van der Waals surface area contributed by atoms with Crippen molar-refractivity contribution in [3.05, 3.63) is 48.4 Å². The summed E-state index contributed by atoms with van der Waals surface area (Å²) in [5.41, 5.74) is 4.21. The molecule has 0 N–H and O–H groups in total. The van der Waals surface area contributed by atoms with Crippen LogP contribution in [0.4, 0.5) is 0 Å². The van der Waals surface area contributed by atoms with Crippen LogP contribution in [-0.2, 0) is 7.05 Å². The second-order valence-electron chi connectivity index (χ2n) is 4.15. The maximum Gasteiger partial charge on any atom is 0.126 e. The summed E-state index contributed by atoms with van der Waals surface area (Å²) in [5, 5.41) is 0. The highest BCUT2D eigenvalue weighted by atomic mass is 15.0. The van der Waals surface area contributed by atoms with Crippen LogP contribution in [0.15, 0.2) is 42.6 Å². The fourth-order valence-corrected chi connectivity index (χ4v) is 2.11. The summed E-state index contributed by atoms with van der Waals surface area (Å²) in [6.45, 7) is 1.93. The van der Waals surface area contributed by atoms with Gasteiger partial charge in [-0.2, -0.15) is 0 Å². The maximum atomic E-state index is 4.57. The summed E-state index contributed by atoms with van der Waals surface area (Å²) < 4.78 is 2.07. The van der Waals surface area contributed by atoms with Gasteiger partial charge in [0.1, 0.15) is 5.82 Å². The minimum Gasteiger partial charge on any atom is -0.347 e. The SMILES string of the molecule is Cc1nc(-c2ccccc2)c2c(ccn2C)n1. The third-order valence-corrected chi connectivity index (χ3v) is 2.88. The van der Waals surface area contributed by atoms with E-state index >= 15 is 0 Å². The van der Waals surface area contributed by atoms with Gasteiger partial charge in [-0.1, -0.05) is 30.3 Å². The number of rotatable bonds is 1. The van der Waals surface area contributed by atoms with Crippen molar-refractivity contribution in [1.82, 2.24) is 14.5 Å². The van der Waals surface area contributed by atoms with Gasteiger partial charge in [0.25, 0.3) is 0 Å². The molecule has 3 heteroatoms. The highest BCUT2D eigenvalue weighted by Crippen LogP contribution is 2.25. The minimum absolute atomic E-state index is 0.808. The van der Waals surface area contributed by atoms with Crippen molar-refractivity contribution in [2.24, 2.45) is 7.05 Å². The number of nitrogens with zero attached hydrogens (tertiary/aromatic N) is 3. The molecule has 3 aromatic rings. The molecule has 0 bridgehead atoms. The molecule has 0 saturated carbocycles. The van der Waals surface area contributed by atoms with Gasteiger partial charge in [-0.25, -0.2) is 9.97 Å². The van der Waals surface area contributed by atoms with Crippen LogP contribution in [0.1, 0.15) is 5.82 Å². The molecule has 3 rings (SSSR count). The zero-order valence-electron chi connectivity index (χ0n) is 9.88. The molecular weight excluding hydrogens is 210 g/mol. The van der Waals surface area contributed by atoms with E-state index in [0.717, 1.165) is 28.1 Å². The number of benzene rings is 1. The van der Waals surface area contributed by atoms with Gasteiger partial charge in [0.2, 0.25) is 0 Å². The first kappa shape index (κ1) is 10.0. The second-order valence-corrected chi connectivity index (χ2v) is 4.15. The summed E-state index contributed by atoms with van der Waals surface area (Å²) in [6, 6.07) is 12.3. The first-order valence-corrected chi connectivity index (χ1v) is 5.61. The molecule has 0 fully saturated rings. The van der Waals surface area contributed by atoms with E-state index in [1.54, 1.807) is 0 Å². The second kappa shape index (κ2) is 3.70. The number of aryl methyl sites for hydroxylation is 2. The predicted octanol–water partition coefficient (Wildman–Crippen LogP) is 2.94. The highest BCUT2D eigenvalue weighted by Gasteiger charge is 2.10. The van der Waals surface area contributed by atoms with Gasteiger partial charge in [-0.05, 0) is 13.0 Å². The zero-order chi connectivity index (χ0) is 11.8. The average Bonchev–Trinajstić information content (AvgIpc) is 2.71. The van der Waals surface area contributed by atoms with Gasteiger partial charge in [0.05, 0.1) is 16.7 Å². The van der Waals surface area contributed by atoms with E-state index in [9.17, 15) is 0 Å². The van der Waals surface area contributed by atoms with Crippen molar-refractivity contribution in [1.29, 1.82) is 0 Å². The summed E-state index contributed by atoms with van der Waals surface area (Å²) in [6.07, 6.45) is 2.02. The molecule has 0 amide bonds. The summed E-state index contributed by atoms with van der Waals surface area (Å²) in [5.74, 6) is 0.808. The molecule has 2 heterocycles. The molecule has 0 atom stereocenters. The molecule has 0 aliphatic carbocycles. The number of hydrogen-bond donors (Lipinski definition) is 0. The Balaban J connectivity index is 2.39. The minimum atomic E-state index is 0.808. The van der Waals surface area contributed by atoms with Gasteiger partial charge < -0.3 is 4.57 Å². The number of aromatic nitrogens is 3. The van der Waals surface area contributed by atoms with Crippen LogP contribution in [-0.4, -0.2) is 14.5 Å². The molecule has 0 saturated heterocycles. The molecule has 84 valence electrons. The Bertz CT molecular complexity index is 669. The smallest absolute Gasteiger partial charge is 0.126 e. The Hall–Kier alpha value is -2.16. The van der Waals surface area contributed by atoms with E-state index in [1.807, 2.05) is 44.4 Å². The molecule has 0 spiro atoms. The molecule has 17 heavy (non-hydrogen) atoms. The molecule has 0 unspecified atom stereocenters. The third-order valence-electron chi connectivity index (χ3n) is 2.88. The molecule has 0 radical (unpaired) electrons. The summed E-state index contributed by atoms with van der Waals surface area (Å²) in [7, 11) is 2.02. The van der Waals surface area contributed by atoms with Crippen LogP contribution >= 0.6 is 0 Å². The van der Waals surface area contributed by atoms with E-state index in [4.69, 9.17) is 0 Å². The van der Waals surface area contributed by atoms with Crippen LogP contribution in [0, 0.1) is 6.92 Å². The Morgan fingerprint density at radius 3 is 2.53 bits per heavy atom. The highest BCUT2D eigenvalue weighted by molar-refractivity contribution is 5.89. The van der Waals surface area contributed by atoms with Crippen LogP contribution in [0.2, 0.25) is 0 Å². The standard InChI is InChI=1S/C14H13N3/c1-10-15-12-8-9-17(2)14(12)13(16-10)11-6-4-3-5-7-11/h3-9H,1-2H3. The largest absolute Gasteiger partial charge is 0.347 e. The van der Waals surface area contributed by atoms with Crippen molar-refractivity contribution in [2.75, 3.05) is 0 Å². The number of hydrogen-bond acceptors (Lipinski definition) is 2. The van der Waals surface area contributed by atoms with E-state index in [1.165, 1.54) is 0 Å². The summed E-state index contributed by atoms with van der Waals surface area (Å²) >= 11 is 0. The van der Waals surface area contributed by atoms with Crippen LogP contribution in [0.25, 0.3) is 22.3 Å². The predicted molar refractivity (Wildman–Crippen MR) is 68.7 cm³/mol. The third kappa shape index (κ3) is 1.60. The quantitative estimate of drug-likeness (QED) is 0.635. The van der Waals surface area contributed by atoms with Crippen molar-refractivity contribution < 1.29 is 0 Å². The monoisotopic (exact) mass is 223 g/mol. The fraction of sp³-hybridized carbons (Fsp3) is 0.143. The van der Waals surface area contributed by atoms with Gasteiger partial charge in [0, 0.05) is 18.8 Å². The maximum absolute atomic E-state index is 4.57. The lowest BCUT2D eigenvalue weighted by Crippen LogP contribution is -1.96. The number of fused-ring (bicyclic) bond motifs is 1. The van der Waals surface area contributed by atoms with Crippen LogP contribution in [0.5, 0.6) is 0 Å². The normalized spacial score (nSPS) is 10.9. The Kier molecular flexibility index (Phi) is 2.18. The van der Waals surface area contributed by atoms with E-state index in [2.05, 4.69) is 26.7 Å². The molecular formula is C14H13N3. The zero-order valence-corrected chi connectivity index (χ0v) is 9.88. The molecule has 1 aromatic carbocycles. The lowest BCUT2D eigenvalue weighted by atomic mass is 10.1. The van der Waals surface area contributed by atoms with Gasteiger partial charge >= 0.3 is 0 Å². The van der Waals surface area contributed by atoms with Crippen molar-refractivity contribution in [3.63, 3.8) is 0 Å². The lowest BCUT2D eigenvalue weighted by Gasteiger charge is -2.06. The van der Waals surface area contributed by atoms with Gasteiger partial charge in [0.15, 0.2) is 0 Å². The first-order chi connectivity index (χ1) is 8.25. The van der Waals surface area contributed by atoms with E-state index < -0.39 is 0 Å². The van der Waals surface area contributed by atoms with E-state index in [0.29, 0.717) is 0 Å². The molecule has 2 aromatic heterocycles. The van der Waals surface area contributed by atoms with Gasteiger partial charge in [-0.15, -0.1) is 0 Å². The van der Waals surface area contributed by atoms with Crippen molar-refractivity contribution in [3.8, 4) is 11.3 Å². The van der Waals surface area contributed by atoms with Crippen molar-refractivity contribution >= 4 is 11.0 Å². The van der Waals surface area contributed by atoms with Crippen LogP contribution in [0.3, 0.4) is 0 Å². The van der Waals surface area contributed by atoms with Crippen LogP contribution < -0.4 is 0 Å². The Labute approximate surface area is 99.8 Å². The topological polar surface area (TPSA) is 30.7 Å². The average molecular weight is 223 g/mol. The molecule has 3 nitrogen and oxygen atoms in total. The summed E-state index contributed by atoms with van der Waals surface area (Å²) in [4.78, 5) is 9.02. The first-order valence-electron chi connectivity index (χ1n) is 5.61. The van der Waals surface area contributed by atoms with Gasteiger partial charge in [-0.3, -0.25) is 0 Å². The molecule has 0 aliphatic rings. The Morgan fingerprint density at radius 2 is 1.76 bits per heavy atom. The van der Waals surface area contributed by atoms with E-state index in [-0.39, 0.29) is 0 Å². The fourth-order valence-electron chi connectivity index (χ4n) is 2.11. The lowest BCUT2D eigenvalue weighted by molar-refractivity contribution is 0.960.